The summed E-state index contributed by atoms with van der Waals surface area (Å²) < 4.78 is 0. The summed E-state index contributed by atoms with van der Waals surface area (Å²) in [5, 5.41) is 17.3. The molecule has 0 heterocycles. The molecule has 0 aromatic rings. The molecule has 4 unspecified atom stereocenters. The summed E-state index contributed by atoms with van der Waals surface area (Å²) in [5.74, 6) is -2.57. The van der Waals surface area contributed by atoms with Crippen LogP contribution in [0, 0.1) is 5.92 Å². The Labute approximate surface area is 233 Å². The fourth-order valence-corrected chi connectivity index (χ4v) is 3.92. The van der Waals surface area contributed by atoms with Crippen LogP contribution in [0.2, 0.25) is 0 Å². The van der Waals surface area contributed by atoms with Gasteiger partial charge in [-0.3, -0.25) is 24.4 Å². The molecule has 16 heteroatoms. The predicted octanol–water partition coefficient (Wildman–Crippen LogP) is -2.24. The summed E-state index contributed by atoms with van der Waals surface area (Å²) in [4.78, 5) is 58.3. The van der Waals surface area contributed by atoms with Gasteiger partial charge in [-0.1, -0.05) is 13.8 Å². The van der Waals surface area contributed by atoms with E-state index in [-0.39, 0.29) is 50.1 Å². The molecule has 0 rings (SSSR count). The Morgan fingerprint density at radius 2 is 1.23 bits per heavy atom. The van der Waals surface area contributed by atoms with Gasteiger partial charge in [0, 0.05) is 13.1 Å². The SMILES string of the molecule is CSCCC(NC(=O)C(CCCN=C(N)N)NC(=O)C(N)CCCN=C(N)N)C(=O)NC(CC(C)C)C(=O)O. The number of aliphatic imine (C=N–C) groups is 2. The van der Waals surface area contributed by atoms with Crippen molar-refractivity contribution < 1.29 is 24.3 Å². The fraction of sp³-hybridized carbons (Fsp3) is 0.739. The number of carboxylic acid groups (broad SMARTS) is 1. The third-order valence-electron chi connectivity index (χ3n) is 5.45. The van der Waals surface area contributed by atoms with Crippen LogP contribution in [0.3, 0.4) is 0 Å². The van der Waals surface area contributed by atoms with E-state index < -0.39 is 47.9 Å². The van der Waals surface area contributed by atoms with Crippen molar-refractivity contribution in [1.82, 2.24) is 16.0 Å². The van der Waals surface area contributed by atoms with Crippen molar-refractivity contribution >= 4 is 47.4 Å². The number of guanidine groups is 2. The highest BCUT2D eigenvalue weighted by Gasteiger charge is 2.30. The molecular formula is C23H46N10O5S. The topological polar surface area (TPSA) is 279 Å². The third kappa shape index (κ3) is 17.0. The second-order valence-electron chi connectivity index (χ2n) is 9.44. The van der Waals surface area contributed by atoms with Crippen LogP contribution in [0.25, 0.3) is 0 Å². The zero-order chi connectivity index (χ0) is 30.0. The molecule has 0 aliphatic carbocycles. The fourth-order valence-electron chi connectivity index (χ4n) is 3.44. The van der Waals surface area contributed by atoms with Crippen molar-refractivity contribution in [3.05, 3.63) is 0 Å². The Morgan fingerprint density at radius 1 is 0.769 bits per heavy atom. The van der Waals surface area contributed by atoms with Crippen LogP contribution in [0.15, 0.2) is 9.98 Å². The third-order valence-corrected chi connectivity index (χ3v) is 6.09. The molecule has 0 fully saturated rings. The summed E-state index contributed by atoms with van der Waals surface area (Å²) in [6, 6.07) is -4.07. The molecule has 0 aliphatic heterocycles. The van der Waals surface area contributed by atoms with Gasteiger partial charge >= 0.3 is 5.97 Å². The highest BCUT2D eigenvalue weighted by Crippen LogP contribution is 2.09. The second-order valence-corrected chi connectivity index (χ2v) is 10.4. The zero-order valence-electron chi connectivity index (χ0n) is 23.0. The lowest BCUT2D eigenvalue weighted by Gasteiger charge is -2.25. The normalized spacial score (nSPS) is 13.9. The molecule has 0 bridgehead atoms. The number of hydrogen-bond donors (Lipinski definition) is 9. The highest BCUT2D eigenvalue weighted by molar-refractivity contribution is 7.98. The zero-order valence-corrected chi connectivity index (χ0v) is 23.8. The van der Waals surface area contributed by atoms with Gasteiger partial charge in [-0.05, 0) is 56.5 Å². The maximum atomic E-state index is 13.2. The Balaban J connectivity index is 5.54. The van der Waals surface area contributed by atoms with Crippen molar-refractivity contribution in [2.45, 2.75) is 76.5 Å². The van der Waals surface area contributed by atoms with Gasteiger partial charge in [0.05, 0.1) is 6.04 Å². The monoisotopic (exact) mass is 574 g/mol. The van der Waals surface area contributed by atoms with Crippen LogP contribution >= 0.6 is 11.8 Å². The van der Waals surface area contributed by atoms with E-state index in [0.29, 0.717) is 25.1 Å². The molecule has 224 valence electrons. The van der Waals surface area contributed by atoms with E-state index in [1.807, 2.05) is 20.1 Å². The van der Waals surface area contributed by atoms with Crippen molar-refractivity contribution in [3.63, 3.8) is 0 Å². The van der Waals surface area contributed by atoms with Crippen LogP contribution in [-0.4, -0.2) is 90.0 Å². The number of carboxylic acids is 1. The number of nitrogens with one attached hydrogen (secondary N) is 3. The molecule has 3 amide bonds. The first-order valence-electron chi connectivity index (χ1n) is 12.8. The second kappa shape index (κ2) is 19.7. The van der Waals surface area contributed by atoms with Crippen molar-refractivity contribution in [2.75, 3.05) is 25.1 Å². The number of nitrogens with zero attached hydrogens (tertiary/aromatic N) is 2. The van der Waals surface area contributed by atoms with Gasteiger partial charge in [0.2, 0.25) is 17.7 Å². The first-order chi connectivity index (χ1) is 18.3. The summed E-state index contributed by atoms with van der Waals surface area (Å²) in [6.07, 6.45) is 3.57. The van der Waals surface area contributed by atoms with E-state index in [1.165, 1.54) is 11.8 Å². The molecule has 14 N–H and O–H groups in total. The van der Waals surface area contributed by atoms with Gasteiger partial charge < -0.3 is 49.7 Å². The summed E-state index contributed by atoms with van der Waals surface area (Å²) in [5.41, 5.74) is 27.3. The highest BCUT2D eigenvalue weighted by atomic mass is 32.2. The molecule has 0 spiro atoms. The minimum Gasteiger partial charge on any atom is -0.480 e. The quantitative estimate of drug-likeness (QED) is 0.0425. The molecule has 0 aliphatic rings. The molecule has 0 saturated heterocycles. The van der Waals surface area contributed by atoms with Gasteiger partial charge in [-0.15, -0.1) is 0 Å². The van der Waals surface area contributed by atoms with E-state index in [4.69, 9.17) is 28.7 Å². The van der Waals surface area contributed by atoms with Gasteiger partial charge in [-0.25, -0.2) is 4.79 Å². The van der Waals surface area contributed by atoms with E-state index in [9.17, 15) is 24.3 Å². The number of aliphatic carboxylic acids is 1. The van der Waals surface area contributed by atoms with Gasteiger partial charge in [0.1, 0.15) is 18.1 Å². The van der Waals surface area contributed by atoms with Crippen LogP contribution < -0.4 is 44.6 Å². The maximum absolute atomic E-state index is 13.2. The number of nitrogens with two attached hydrogens (primary N) is 5. The molecule has 0 aromatic heterocycles. The van der Waals surface area contributed by atoms with Crippen molar-refractivity contribution in [3.8, 4) is 0 Å². The minimum atomic E-state index is -1.16. The Bertz CT molecular complexity index is 847. The standard InChI is InChI=1S/C23H46N10O5S/c1-13(2)12-17(21(37)38)33-20(36)16(8-11-39-3)32-19(35)15(7-5-10-30-23(27)28)31-18(34)14(24)6-4-9-29-22(25)26/h13-17H,4-12,24H2,1-3H3,(H,31,34)(H,32,35)(H,33,36)(H,37,38)(H4,25,26,29)(H4,27,28,30). The summed E-state index contributed by atoms with van der Waals surface area (Å²) in [6.45, 7) is 4.21. The Morgan fingerprint density at radius 3 is 1.69 bits per heavy atom. The first-order valence-corrected chi connectivity index (χ1v) is 14.2. The number of thioether (sulfide) groups is 1. The van der Waals surface area contributed by atoms with Gasteiger partial charge in [0.15, 0.2) is 11.9 Å². The molecule has 0 saturated carbocycles. The van der Waals surface area contributed by atoms with Crippen molar-refractivity contribution in [2.24, 2.45) is 44.6 Å². The molecule has 0 radical (unpaired) electrons. The number of carbonyl (C=O) groups excluding carboxylic acids is 3. The molecule has 39 heavy (non-hydrogen) atoms. The lowest BCUT2D eigenvalue weighted by atomic mass is 10.0. The Kier molecular flexibility index (Phi) is 18.1. The number of hydrogen-bond acceptors (Lipinski definition) is 8. The lowest BCUT2D eigenvalue weighted by Crippen LogP contribution is -2.57. The van der Waals surface area contributed by atoms with Gasteiger partial charge in [-0.2, -0.15) is 11.8 Å². The smallest absolute Gasteiger partial charge is 0.326 e. The number of rotatable bonds is 20. The van der Waals surface area contributed by atoms with E-state index in [0.717, 1.165) is 0 Å². The number of carbonyl (C=O) groups is 4. The largest absolute Gasteiger partial charge is 0.480 e. The minimum absolute atomic E-state index is 0.0270. The Hall–Kier alpha value is -3.27. The van der Waals surface area contributed by atoms with Gasteiger partial charge in [0.25, 0.3) is 0 Å². The average molecular weight is 575 g/mol. The predicted molar refractivity (Wildman–Crippen MR) is 154 cm³/mol. The van der Waals surface area contributed by atoms with E-state index in [2.05, 4.69) is 25.9 Å². The average Bonchev–Trinajstić information content (AvgIpc) is 2.84. The van der Waals surface area contributed by atoms with E-state index in [1.54, 1.807) is 0 Å². The van der Waals surface area contributed by atoms with Crippen LogP contribution in [-0.2, 0) is 19.2 Å². The molecule has 0 aromatic carbocycles. The van der Waals surface area contributed by atoms with E-state index >= 15 is 0 Å². The van der Waals surface area contributed by atoms with Crippen LogP contribution in [0.4, 0.5) is 0 Å². The lowest BCUT2D eigenvalue weighted by molar-refractivity contribution is -0.142. The first kappa shape index (κ1) is 35.7. The number of amides is 3. The summed E-state index contributed by atoms with van der Waals surface area (Å²) in [7, 11) is 0. The molecule has 4 atom stereocenters. The van der Waals surface area contributed by atoms with Crippen molar-refractivity contribution in [1.29, 1.82) is 0 Å². The molecule has 15 nitrogen and oxygen atoms in total. The summed E-state index contributed by atoms with van der Waals surface area (Å²) >= 11 is 1.47. The molecular weight excluding hydrogens is 528 g/mol. The van der Waals surface area contributed by atoms with Crippen LogP contribution in [0.1, 0.15) is 52.4 Å². The maximum Gasteiger partial charge on any atom is 0.326 e. The van der Waals surface area contributed by atoms with Crippen LogP contribution in [0.5, 0.6) is 0 Å².